The van der Waals surface area contributed by atoms with Crippen molar-refractivity contribution in [3.8, 4) is 11.5 Å². The third-order valence-electron chi connectivity index (χ3n) is 6.07. The topological polar surface area (TPSA) is 79.1 Å². The lowest BCUT2D eigenvalue weighted by atomic mass is 9.79. The fourth-order valence-corrected chi connectivity index (χ4v) is 5.25. The van der Waals surface area contributed by atoms with Gasteiger partial charge in [0, 0.05) is 18.1 Å². The first kappa shape index (κ1) is 23.3. The lowest BCUT2D eigenvalue weighted by molar-refractivity contribution is -0.141. The molecule has 1 amide bonds. The highest BCUT2D eigenvalue weighted by Crippen LogP contribution is 2.34. The highest BCUT2D eigenvalue weighted by Gasteiger charge is 2.26. The van der Waals surface area contributed by atoms with Gasteiger partial charge in [0.15, 0.2) is 16.3 Å². The summed E-state index contributed by atoms with van der Waals surface area (Å²) in [6.45, 7) is 2.19. The number of hydrogen-bond acceptors (Lipinski definition) is 6. The molecule has 1 aliphatic rings. The Hall–Kier alpha value is -2.35. The van der Waals surface area contributed by atoms with Crippen molar-refractivity contribution in [1.29, 1.82) is 0 Å². The molecule has 1 aliphatic carbocycles. The summed E-state index contributed by atoms with van der Waals surface area (Å²) in [7, 11) is 4.48. The first-order chi connectivity index (χ1) is 15.0. The Bertz CT molecular complexity index is 986. The SMILES string of the molecule is CCCCC1CCC(C(=O)N=c2sc3cc(OC)c(OC)cc3n2CC(=O)OC)CC1. The molecule has 0 atom stereocenters. The van der Waals surface area contributed by atoms with Gasteiger partial charge in [0.2, 0.25) is 0 Å². The van der Waals surface area contributed by atoms with Crippen LogP contribution in [0.2, 0.25) is 0 Å². The molecule has 31 heavy (non-hydrogen) atoms. The van der Waals surface area contributed by atoms with Crippen molar-refractivity contribution < 1.29 is 23.8 Å². The molecule has 2 aromatic rings. The van der Waals surface area contributed by atoms with Gasteiger partial charge in [-0.15, -0.1) is 0 Å². The zero-order chi connectivity index (χ0) is 22.4. The van der Waals surface area contributed by atoms with Crippen molar-refractivity contribution in [3.05, 3.63) is 16.9 Å². The highest BCUT2D eigenvalue weighted by atomic mass is 32.1. The van der Waals surface area contributed by atoms with Gasteiger partial charge in [0.25, 0.3) is 5.91 Å². The molecular weight excluding hydrogens is 416 g/mol. The maximum atomic E-state index is 13.0. The molecule has 0 aliphatic heterocycles. The minimum atomic E-state index is -0.403. The summed E-state index contributed by atoms with van der Waals surface area (Å²) in [6, 6.07) is 3.64. The van der Waals surface area contributed by atoms with Crippen LogP contribution in [0.25, 0.3) is 10.2 Å². The van der Waals surface area contributed by atoms with Crippen LogP contribution in [0.3, 0.4) is 0 Å². The van der Waals surface area contributed by atoms with Crippen LogP contribution < -0.4 is 14.3 Å². The molecule has 7 nitrogen and oxygen atoms in total. The maximum Gasteiger partial charge on any atom is 0.325 e. The van der Waals surface area contributed by atoms with Crippen LogP contribution in [0.1, 0.15) is 51.9 Å². The number of esters is 1. The van der Waals surface area contributed by atoms with E-state index in [1.807, 2.05) is 6.07 Å². The van der Waals surface area contributed by atoms with E-state index in [9.17, 15) is 9.59 Å². The Morgan fingerprint density at radius 2 is 1.77 bits per heavy atom. The van der Waals surface area contributed by atoms with Crippen molar-refractivity contribution in [2.45, 2.75) is 58.4 Å². The summed E-state index contributed by atoms with van der Waals surface area (Å²) in [5, 5.41) is 0. The third-order valence-corrected chi connectivity index (χ3v) is 7.11. The highest BCUT2D eigenvalue weighted by molar-refractivity contribution is 7.16. The van der Waals surface area contributed by atoms with Crippen LogP contribution in [0.5, 0.6) is 11.5 Å². The van der Waals surface area contributed by atoms with Crippen molar-refractivity contribution in [2.24, 2.45) is 16.8 Å². The van der Waals surface area contributed by atoms with E-state index in [1.165, 1.54) is 37.7 Å². The molecule has 0 saturated heterocycles. The predicted octanol–water partition coefficient (Wildman–Crippen LogP) is 4.32. The van der Waals surface area contributed by atoms with E-state index >= 15 is 0 Å². The number of aromatic nitrogens is 1. The van der Waals surface area contributed by atoms with Gasteiger partial charge in [-0.2, -0.15) is 4.99 Å². The van der Waals surface area contributed by atoms with Crippen molar-refractivity contribution in [1.82, 2.24) is 4.57 Å². The summed E-state index contributed by atoms with van der Waals surface area (Å²) < 4.78 is 18.2. The summed E-state index contributed by atoms with van der Waals surface area (Å²) in [5.74, 6) is 1.33. The molecule has 0 spiro atoms. The van der Waals surface area contributed by atoms with E-state index in [2.05, 4.69) is 11.9 Å². The number of nitrogens with zero attached hydrogens (tertiary/aromatic N) is 2. The lowest BCUT2D eigenvalue weighted by Crippen LogP contribution is -2.26. The van der Waals surface area contributed by atoms with Gasteiger partial charge >= 0.3 is 5.97 Å². The lowest BCUT2D eigenvalue weighted by Gasteiger charge is -2.26. The predicted molar refractivity (Wildman–Crippen MR) is 120 cm³/mol. The summed E-state index contributed by atoms with van der Waals surface area (Å²) in [6.07, 6.45) is 7.70. The Kier molecular flexibility index (Phi) is 8.12. The zero-order valence-corrected chi connectivity index (χ0v) is 19.6. The van der Waals surface area contributed by atoms with Crippen LogP contribution in [0.4, 0.5) is 0 Å². The average Bonchev–Trinajstić information content (AvgIpc) is 3.12. The van der Waals surface area contributed by atoms with Crippen LogP contribution in [0, 0.1) is 11.8 Å². The summed E-state index contributed by atoms with van der Waals surface area (Å²) in [4.78, 5) is 30.0. The second kappa shape index (κ2) is 10.8. The minimum Gasteiger partial charge on any atom is -0.493 e. The fourth-order valence-electron chi connectivity index (χ4n) is 4.20. The third kappa shape index (κ3) is 5.47. The quantitative estimate of drug-likeness (QED) is 0.562. The number of rotatable bonds is 8. The van der Waals surface area contributed by atoms with Gasteiger partial charge < -0.3 is 18.8 Å². The van der Waals surface area contributed by atoms with Crippen LogP contribution in [0.15, 0.2) is 17.1 Å². The summed E-state index contributed by atoms with van der Waals surface area (Å²) >= 11 is 1.36. The largest absolute Gasteiger partial charge is 0.493 e. The monoisotopic (exact) mass is 448 g/mol. The van der Waals surface area contributed by atoms with Gasteiger partial charge in [-0.25, -0.2) is 0 Å². The number of benzene rings is 1. The first-order valence-corrected chi connectivity index (χ1v) is 11.7. The van der Waals surface area contributed by atoms with Gasteiger partial charge in [0.1, 0.15) is 6.54 Å². The molecule has 170 valence electrons. The van der Waals surface area contributed by atoms with Gasteiger partial charge in [-0.1, -0.05) is 37.5 Å². The minimum absolute atomic E-state index is 0.0259. The Morgan fingerprint density at radius 3 is 2.39 bits per heavy atom. The maximum absolute atomic E-state index is 13.0. The second-order valence-corrected chi connectivity index (χ2v) is 9.04. The number of thiazole rings is 1. The van der Waals surface area contributed by atoms with Gasteiger partial charge in [-0.05, 0) is 31.6 Å². The van der Waals surface area contributed by atoms with E-state index in [0.717, 1.165) is 41.8 Å². The molecule has 0 unspecified atom stereocenters. The molecule has 1 fully saturated rings. The fraction of sp³-hybridized carbons (Fsp3) is 0.609. The Balaban J connectivity index is 1.92. The number of unbranched alkanes of at least 4 members (excludes halogenated alkanes) is 1. The normalized spacial score (nSPS) is 19.4. The number of hydrogen-bond donors (Lipinski definition) is 0. The Labute approximate surface area is 187 Å². The number of ether oxygens (including phenoxy) is 3. The molecular formula is C23H32N2O5S. The van der Waals surface area contributed by atoms with E-state index in [0.29, 0.717) is 16.3 Å². The van der Waals surface area contributed by atoms with E-state index in [1.54, 1.807) is 24.9 Å². The van der Waals surface area contributed by atoms with Crippen LogP contribution >= 0.6 is 11.3 Å². The van der Waals surface area contributed by atoms with E-state index in [-0.39, 0.29) is 18.4 Å². The number of carbonyl (C=O) groups is 2. The zero-order valence-electron chi connectivity index (χ0n) is 18.8. The number of methoxy groups -OCH3 is 3. The van der Waals surface area contributed by atoms with Crippen molar-refractivity contribution in [2.75, 3.05) is 21.3 Å². The number of fused-ring (bicyclic) bond motifs is 1. The van der Waals surface area contributed by atoms with E-state index < -0.39 is 5.97 Å². The number of amides is 1. The average molecular weight is 449 g/mol. The standard InChI is InChI=1S/C23H32N2O5S/c1-5-6-7-15-8-10-16(11-9-15)22(27)24-23-25(14-21(26)30-4)17-12-18(28-2)19(29-3)13-20(17)31-23/h12-13,15-16H,5-11,14H2,1-4H3. The van der Waals surface area contributed by atoms with Gasteiger partial charge in [0.05, 0.1) is 31.5 Å². The van der Waals surface area contributed by atoms with Gasteiger partial charge in [-0.3, -0.25) is 9.59 Å². The molecule has 8 heteroatoms. The smallest absolute Gasteiger partial charge is 0.325 e. The van der Waals surface area contributed by atoms with Crippen LogP contribution in [-0.4, -0.2) is 37.8 Å². The molecule has 3 rings (SSSR count). The molecule has 1 aromatic carbocycles. The van der Waals surface area contributed by atoms with Crippen molar-refractivity contribution in [3.63, 3.8) is 0 Å². The molecule has 0 N–H and O–H groups in total. The molecule has 0 bridgehead atoms. The Morgan fingerprint density at radius 1 is 1.10 bits per heavy atom. The molecule has 1 aromatic heterocycles. The first-order valence-electron chi connectivity index (χ1n) is 10.9. The second-order valence-electron chi connectivity index (χ2n) is 8.03. The molecule has 0 radical (unpaired) electrons. The number of carbonyl (C=O) groups excluding carboxylic acids is 2. The summed E-state index contributed by atoms with van der Waals surface area (Å²) in [5.41, 5.74) is 0.753. The molecule has 1 heterocycles. The molecule has 1 saturated carbocycles. The van der Waals surface area contributed by atoms with E-state index in [4.69, 9.17) is 14.2 Å². The van der Waals surface area contributed by atoms with Crippen molar-refractivity contribution >= 4 is 33.4 Å². The van der Waals surface area contributed by atoms with Crippen LogP contribution in [-0.2, 0) is 20.9 Å².